The lowest BCUT2D eigenvalue weighted by Crippen LogP contribution is -2.41. The van der Waals surface area contributed by atoms with E-state index in [1.165, 1.54) is 0 Å². The first-order valence-electron chi connectivity index (χ1n) is 9.59. The Morgan fingerprint density at radius 2 is 2.13 bits per heavy atom. The quantitative estimate of drug-likeness (QED) is 0.573. The zero-order valence-corrected chi connectivity index (χ0v) is 17.9. The Kier molecular flexibility index (Phi) is 6.71. The minimum Gasteiger partial charge on any atom is -0.366 e. The Hall–Kier alpha value is -3.36. The van der Waals surface area contributed by atoms with Crippen molar-refractivity contribution in [2.24, 2.45) is 5.73 Å². The molecule has 0 radical (unpaired) electrons. The van der Waals surface area contributed by atoms with Crippen LogP contribution in [0.1, 0.15) is 34.2 Å². The predicted molar refractivity (Wildman–Crippen MR) is 121 cm³/mol. The molecule has 7 nitrogen and oxygen atoms in total. The number of benzene rings is 1. The molecule has 30 heavy (non-hydrogen) atoms. The van der Waals surface area contributed by atoms with Crippen LogP contribution in [0.25, 0.3) is 0 Å². The fraction of sp³-hybridized carbons (Fsp3) is 0.227. The summed E-state index contributed by atoms with van der Waals surface area (Å²) in [6, 6.07) is 9.32. The van der Waals surface area contributed by atoms with Gasteiger partial charge in [-0.1, -0.05) is 36.4 Å². The molecule has 0 aliphatic carbocycles. The second-order valence-electron chi connectivity index (χ2n) is 6.91. The number of primary amides is 1. The number of rotatable bonds is 5. The van der Waals surface area contributed by atoms with Crippen LogP contribution in [0.2, 0.25) is 0 Å². The first-order chi connectivity index (χ1) is 14.5. The molecular weight excluding hydrogens is 397 g/mol. The molecule has 1 aromatic heterocycles. The van der Waals surface area contributed by atoms with Crippen molar-refractivity contribution >= 4 is 32.2 Å². The van der Waals surface area contributed by atoms with Gasteiger partial charge in [0, 0.05) is 30.9 Å². The zero-order valence-electron chi connectivity index (χ0n) is 16.8. The van der Waals surface area contributed by atoms with Crippen LogP contribution in [0.4, 0.5) is 10.5 Å². The highest BCUT2D eigenvalue weighted by molar-refractivity contribution is 7.27. The first kappa shape index (κ1) is 21.4. The fourth-order valence-electron chi connectivity index (χ4n) is 3.60. The van der Waals surface area contributed by atoms with Gasteiger partial charge in [0.1, 0.15) is 6.07 Å². The highest BCUT2D eigenvalue weighted by atomic mass is 31.0. The van der Waals surface area contributed by atoms with Crippen molar-refractivity contribution in [1.82, 2.24) is 9.47 Å². The molecule has 1 unspecified atom stereocenters. The van der Waals surface area contributed by atoms with E-state index in [0.717, 1.165) is 11.0 Å². The summed E-state index contributed by atoms with van der Waals surface area (Å²) >= 11 is 0. The van der Waals surface area contributed by atoms with Crippen LogP contribution in [-0.4, -0.2) is 28.0 Å². The number of urea groups is 1. The molecule has 0 saturated heterocycles. The summed E-state index contributed by atoms with van der Waals surface area (Å²) in [6.07, 6.45) is 8.14. The fourth-order valence-corrected chi connectivity index (χ4v) is 3.89. The number of carbonyl (C=O) groups is 2. The monoisotopic (exact) mass is 421 g/mol. The highest BCUT2D eigenvalue weighted by Gasteiger charge is 2.31. The second kappa shape index (κ2) is 9.43. The topological polar surface area (TPSA) is 104 Å². The van der Waals surface area contributed by atoms with Gasteiger partial charge in [-0.3, -0.25) is 4.79 Å². The Morgan fingerprint density at radius 1 is 1.33 bits per heavy atom. The van der Waals surface area contributed by atoms with Crippen LogP contribution >= 0.6 is 9.24 Å². The van der Waals surface area contributed by atoms with Gasteiger partial charge >= 0.3 is 6.03 Å². The highest BCUT2D eigenvalue weighted by Crippen LogP contribution is 2.28. The van der Waals surface area contributed by atoms with Gasteiger partial charge in [-0.05, 0) is 24.4 Å². The van der Waals surface area contributed by atoms with Crippen molar-refractivity contribution in [2.45, 2.75) is 26.4 Å². The maximum absolute atomic E-state index is 12.8. The Balaban J connectivity index is 1.90. The maximum atomic E-state index is 12.8. The molecule has 1 atom stereocenters. The van der Waals surface area contributed by atoms with E-state index in [-0.39, 0.29) is 18.1 Å². The molecule has 154 valence electrons. The van der Waals surface area contributed by atoms with E-state index in [1.807, 2.05) is 60.1 Å². The van der Waals surface area contributed by atoms with Crippen LogP contribution in [0.5, 0.6) is 0 Å². The minimum atomic E-state index is -0.656. The average molecular weight is 421 g/mol. The summed E-state index contributed by atoms with van der Waals surface area (Å²) in [5.41, 5.74) is 8.15. The lowest BCUT2D eigenvalue weighted by molar-refractivity contribution is 0.0997. The van der Waals surface area contributed by atoms with Crippen LogP contribution in [-0.2, 0) is 19.5 Å². The van der Waals surface area contributed by atoms with Gasteiger partial charge < -0.3 is 20.5 Å². The smallest absolute Gasteiger partial charge is 0.322 e. The van der Waals surface area contributed by atoms with Crippen molar-refractivity contribution in [3.63, 3.8) is 0 Å². The zero-order chi connectivity index (χ0) is 21.7. The third kappa shape index (κ3) is 4.45. The van der Waals surface area contributed by atoms with E-state index in [4.69, 9.17) is 5.73 Å². The first-order valence-corrected chi connectivity index (χ1v) is 10.2. The van der Waals surface area contributed by atoms with E-state index in [9.17, 15) is 14.9 Å². The van der Waals surface area contributed by atoms with Gasteiger partial charge in [0.05, 0.1) is 23.4 Å². The van der Waals surface area contributed by atoms with Crippen molar-refractivity contribution in [2.75, 3.05) is 11.9 Å². The van der Waals surface area contributed by atoms with E-state index in [1.54, 1.807) is 4.90 Å². The molecule has 2 aromatic rings. The van der Waals surface area contributed by atoms with Gasteiger partial charge in [-0.25, -0.2) is 4.79 Å². The van der Waals surface area contributed by atoms with Crippen LogP contribution in [0.3, 0.4) is 0 Å². The minimum absolute atomic E-state index is 0.205. The number of hydrogen-bond acceptors (Lipinski definition) is 3. The number of allylic oxidation sites excluding steroid dienone is 4. The van der Waals surface area contributed by atoms with Crippen LogP contribution in [0.15, 0.2) is 48.6 Å². The standard InChI is InChI=1S/C22H24N5O2P/c1-2-3-4-5-9-18-17(13-23)20(21(24)28)19-14-26(10-11-27(18)19)22(29)25-15-7-6-8-16(30)12-15/h2-8,12H,9-11,14,30H2,1H3,(H2,24,28)(H,25,29)/b3-2-,5-4-. The number of nitrogens with zero attached hydrogens (tertiary/aromatic N) is 3. The molecule has 1 aliphatic rings. The van der Waals surface area contributed by atoms with Gasteiger partial charge in [0.25, 0.3) is 5.91 Å². The Morgan fingerprint density at radius 3 is 2.80 bits per heavy atom. The van der Waals surface area contributed by atoms with Crippen LogP contribution < -0.4 is 16.4 Å². The number of nitrogens with two attached hydrogens (primary N) is 1. The number of aromatic nitrogens is 1. The molecule has 0 fully saturated rings. The van der Waals surface area contributed by atoms with Crippen LogP contribution in [0, 0.1) is 11.3 Å². The Labute approximate surface area is 178 Å². The predicted octanol–water partition coefficient (Wildman–Crippen LogP) is 2.68. The molecular formula is C22H24N5O2P. The van der Waals surface area contributed by atoms with E-state index < -0.39 is 5.91 Å². The van der Waals surface area contributed by atoms with E-state index in [2.05, 4.69) is 20.6 Å². The van der Waals surface area contributed by atoms with Crippen molar-refractivity contribution in [3.8, 4) is 6.07 Å². The van der Waals surface area contributed by atoms with Gasteiger partial charge in [-0.2, -0.15) is 5.26 Å². The van der Waals surface area contributed by atoms with E-state index in [0.29, 0.717) is 36.5 Å². The molecule has 3 N–H and O–H groups in total. The summed E-state index contributed by atoms with van der Waals surface area (Å²) in [5.74, 6) is -0.656. The van der Waals surface area contributed by atoms with Gasteiger partial charge in [0.2, 0.25) is 0 Å². The molecule has 8 heteroatoms. The van der Waals surface area contributed by atoms with E-state index >= 15 is 0 Å². The van der Waals surface area contributed by atoms with Crippen molar-refractivity contribution < 1.29 is 9.59 Å². The molecule has 0 saturated carbocycles. The normalized spacial score (nSPS) is 13.4. The second-order valence-corrected chi connectivity index (χ2v) is 7.57. The summed E-state index contributed by atoms with van der Waals surface area (Å²) < 4.78 is 1.95. The molecule has 3 amide bonds. The summed E-state index contributed by atoms with van der Waals surface area (Å²) in [4.78, 5) is 26.6. The molecule has 2 heterocycles. The largest absolute Gasteiger partial charge is 0.366 e. The number of hydrogen-bond donors (Lipinski definition) is 2. The average Bonchev–Trinajstić information content (AvgIpc) is 3.04. The number of carbonyl (C=O) groups excluding carboxylic acids is 2. The van der Waals surface area contributed by atoms with Gasteiger partial charge in [0.15, 0.2) is 0 Å². The number of anilines is 1. The molecule has 1 aromatic carbocycles. The lowest BCUT2D eigenvalue weighted by Gasteiger charge is -2.30. The molecule has 1 aliphatic heterocycles. The molecule has 3 rings (SSSR count). The number of nitrogens with one attached hydrogen (secondary N) is 1. The number of amides is 3. The third-order valence-corrected chi connectivity index (χ3v) is 5.31. The number of fused-ring (bicyclic) bond motifs is 1. The third-order valence-electron chi connectivity index (χ3n) is 4.95. The number of nitriles is 1. The lowest BCUT2D eigenvalue weighted by atomic mass is 10.1. The molecule has 0 bridgehead atoms. The van der Waals surface area contributed by atoms with Gasteiger partial charge in [-0.15, -0.1) is 9.24 Å². The summed E-state index contributed by atoms with van der Waals surface area (Å²) in [7, 11) is 2.59. The summed E-state index contributed by atoms with van der Waals surface area (Å²) in [5, 5.41) is 13.5. The van der Waals surface area contributed by atoms with Crippen molar-refractivity contribution in [3.05, 3.63) is 71.1 Å². The molecule has 0 spiro atoms. The maximum Gasteiger partial charge on any atom is 0.322 e. The summed E-state index contributed by atoms with van der Waals surface area (Å²) in [6.45, 7) is 3.08. The van der Waals surface area contributed by atoms with Crippen molar-refractivity contribution in [1.29, 1.82) is 5.26 Å². The Bertz CT molecular complexity index is 1080. The SMILES string of the molecule is C/C=C\C=C/Cc1c(C#N)c(C(N)=O)c2n1CCN(C(=O)Nc1cccc(P)c1)C2.